The topological polar surface area (TPSA) is 26.2 Å². The minimum Gasteiger partial charge on any atom is -0.383 e. The van der Waals surface area contributed by atoms with Gasteiger partial charge in [0.05, 0.1) is 18.2 Å². The Hall–Kier alpha value is -1.36. The van der Waals surface area contributed by atoms with Crippen LogP contribution in [0.5, 0.6) is 0 Å². The van der Waals surface area contributed by atoms with Gasteiger partial charge in [0.1, 0.15) is 5.82 Å². The molecule has 0 unspecified atom stereocenters. The quantitative estimate of drug-likeness (QED) is 0.795. The van der Waals surface area contributed by atoms with Crippen LogP contribution in [0.3, 0.4) is 0 Å². The van der Waals surface area contributed by atoms with Gasteiger partial charge in [0.2, 0.25) is 0 Å². The van der Waals surface area contributed by atoms with Crippen molar-refractivity contribution >= 4 is 11.6 Å². The zero-order valence-corrected chi connectivity index (χ0v) is 12.2. The van der Waals surface area contributed by atoms with Crippen molar-refractivity contribution < 1.29 is 9.13 Å². The van der Waals surface area contributed by atoms with Gasteiger partial charge in [-0.15, -0.1) is 0 Å². The highest BCUT2D eigenvalue weighted by atomic mass is 35.5. The summed E-state index contributed by atoms with van der Waals surface area (Å²) < 4.78 is 20.9. The summed E-state index contributed by atoms with van der Waals surface area (Å²) in [5, 5.41) is 3.44. The Labute approximate surface area is 123 Å². The Morgan fingerprint density at radius 3 is 2.95 bits per heavy atom. The molecule has 1 aromatic carbocycles. The maximum Gasteiger partial charge on any atom is 0.146 e. The van der Waals surface area contributed by atoms with E-state index in [1.165, 1.54) is 0 Å². The molecular weight excluding hydrogens is 279 g/mol. The largest absolute Gasteiger partial charge is 0.383 e. The Morgan fingerprint density at radius 2 is 2.15 bits per heavy atom. The predicted molar refractivity (Wildman–Crippen MR) is 78.5 cm³/mol. The smallest absolute Gasteiger partial charge is 0.146 e. The fourth-order valence-corrected chi connectivity index (χ4v) is 2.20. The molecule has 20 heavy (non-hydrogen) atoms. The molecule has 0 aliphatic rings. The number of hydrogen-bond acceptors (Lipinski definition) is 2. The number of aromatic nitrogens is 1. The average Bonchev–Trinajstić information content (AvgIpc) is 2.87. The first-order valence-electron chi connectivity index (χ1n) is 6.49. The third-order valence-electron chi connectivity index (χ3n) is 3.08. The first-order valence-corrected chi connectivity index (χ1v) is 6.86. The third-order valence-corrected chi connectivity index (χ3v) is 3.38. The standard InChI is InChI=1S/C15H18ClFN2O/c1-20-9-7-18-10-13-5-3-8-19(13)11-12-4-2-6-14(16)15(12)17/h2-6,8,18H,7,9-11H2,1H3. The molecule has 0 aliphatic heterocycles. The van der Waals surface area contributed by atoms with Crippen LogP contribution < -0.4 is 5.32 Å². The van der Waals surface area contributed by atoms with Crippen LogP contribution in [0.4, 0.5) is 4.39 Å². The van der Waals surface area contributed by atoms with Gasteiger partial charge in [-0.25, -0.2) is 4.39 Å². The van der Waals surface area contributed by atoms with Crippen LogP contribution in [0.25, 0.3) is 0 Å². The van der Waals surface area contributed by atoms with Crippen molar-refractivity contribution in [1.29, 1.82) is 0 Å². The number of rotatable bonds is 7. The van der Waals surface area contributed by atoms with Crippen molar-refractivity contribution in [2.45, 2.75) is 13.1 Å². The lowest BCUT2D eigenvalue weighted by Crippen LogP contribution is -2.20. The molecule has 0 radical (unpaired) electrons. The zero-order chi connectivity index (χ0) is 14.4. The lowest BCUT2D eigenvalue weighted by atomic mass is 10.2. The third kappa shape index (κ3) is 3.82. The van der Waals surface area contributed by atoms with E-state index >= 15 is 0 Å². The fraction of sp³-hybridized carbons (Fsp3) is 0.333. The summed E-state index contributed by atoms with van der Waals surface area (Å²) in [6, 6.07) is 9.05. The van der Waals surface area contributed by atoms with E-state index < -0.39 is 0 Å². The first kappa shape index (κ1) is 15.0. The second kappa shape index (κ2) is 7.43. The SMILES string of the molecule is COCCNCc1cccn1Cc1cccc(Cl)c1F. The molecule has 1 aromatic heterocycles. The highest BCUT2D eigenvalue weighted by Crippen LogP contribution is 2.19. The van der Waals surface area contributed by atoms with Gasteiger partial charge in [0, 0.05) is 37.7 Å². The lowest BCUT2D eigenvalue weighted by Gasteiger charge is -2.11. The van der Waals surface area contributed by atoms with Gasteiger partial charge in [0.15, 0.2) is 0 Å². The summed E-state index contributed by atoms with van der Waals surface area (Å²) in [7, 11) is 1.67. The van der Waals surface area contributed by atoms with E-state index in [-0.39, 0.29) is 10.8 Å². The maximum absolute atomic E-state index is 13.9. The highest BCUT2D eigenvalue weighted by molar-refractivity contribution is 6.30. The molecule has 1 heterocycles. The molecule has 108 valence electrons. The monoisotopic (exact) mass is 296 g/mol. The van der Waals surface area contributed by atoms with E-state index in [2.05, 4.69) is 5.32 Å². The number of ether oxygens (including phenoxy) is 1. The van der Waals surface area contributed by atoms with Crippen LogP contribution in [-0.2, 0) is 17.8 Å². The zero-order valence-electron chi connectivity index (χ0n) is 11.4. The van der Waals surface area contributed by atoms with Crippen molar-refractivity contribution in [1.82, 2.24) is 9.88 Å². The molecular formula is C15H18ClFN2O. The van der Waals surface area contributed by atoms with Crippen molar-refractivity contribution in [3.8, 4) is 0 Å². The number of nitrogens with zero attached hydrogens (tertiary/aromatic N) is 1. The lowest BCUT2D eigenvalue weighted by molar-refractivity contribution is 0.199. The van der Waals surface area contributed by atoms with Gasteiger partial charge in [-0.2, -0.15) is 0 Å². The fourth-order valence-electron chi connectivity index (χ4n) is 2.01. The minimum atomic E-state index is -0.346. The molecule has 0 amide bonds. The molecule has 0 atom stereocenters. The van der Waals surface area contributed by atoms with E-state index in [0.29, 0.717) is 18.7 Å². The molecule has 0 spiro atoms. The van der Waals surface area contributed by atoms with E-state index in [9.17, 15) is 4.39 Å². The van der Waals surface area contributed by atoms with Gasteiger partial charge in [-0.3, -0.25) is 0 Å². The summed E-state index contributed by atoms with van der Waals surface area (Å²) in [6.45, 7) is 2.65. The van der Waals surface area contributed by atoms with Gasteiger partial charge in [-0.1, -0.05) is 23.7 Å². The number of benzene rings is 1. The van der Waals surface area contributed by atoms with Crippen LogP contribution in [0.1, 0.15) is 11.3 Å². The summed E-state index contributed by atoms with van der Waals surface area (Å²) in [5.41, 5.74) is 1.69. The predicted octanol–water partition coefficient (Wildman–Crippen LogP) is 3.06. The molecule has 5 heteroatoms. The van der Waals surface area contributed by atoms with Crippen LogP contribution in [0.15, 0.2) is 36.5 Å². The van der Waals surface area contributed by atoms with Crippen LogP contribution in [0.2, 0.25) is 5.02 Å². The maximum atomic E-state index is 13.9. The first-order chi connectivity index (χ1) is 9.72. The molecule has 2 rings (SSSR count). The van der Waals surface area contributed by atoms with Crippen molar-refractivity contribution in [3.63, 3.8) is 0 Å². The van der Waals surface area contributed by atoms with Crippen LogP contribution >= 0.6 is 11.6 Å². The summed E-state index contributed by atoms with van der Waals surface area (Å²) in [6.07, 6.45) is 1.94. The second-order valence-corrected chi connectivity index (χ2v) is 4.92. The Kier molecular flexibility index (Phi) is 5.59. The summed E-state index contributed by atoms with van der Waals surface area (Å²) in [5.74, 6) is -0.346. The van der Waals surface area contributed by atoms with Gasteiger partial charge in [0.25, 0.3) is 0 Å². The van der Waals surface area contributed by atoms with Gasteiger partial charge in [-0.05, 0) is 18.2 Å². The number of nitrogens with one attached hydrogen (secondary N) is 1. The molecule has 0 aliphatic carbocycles. The van der Waals surface area contributed by atoms with Crippen molar-refractivity contribution in [3.05, 3.63) is 58.6 Å². The number of halogens is 2. The molecule has 0 fully saturated rings. The normalized spacial score (nSPS) is 10.9. The van der Waals surface area contributed by atoms with Gasteiger partial charge < -0.3 is 14.6 Å². The Balaban J connectivity index is 2.03. The van der Waals surface area contributed by atoms with Crippen LogP contribution in [0, 0.1) is 5.82 Å². The van der Waals surface area contributed by atoms with E-state index in [1.54, 1.807) is 25.3 Å². The molecule has 0 saturated carbocycles. The second-order valence-electron chi connectivity index (χ2n) is 4.51. The van der Waals surface area contributed by atoms with Crippen LogP contribution in [-0.4, -0.2) is 24.8 Å². The van der Waals surface area contributed by atoms with Gasteiger partial charge >= 0.3 is 0 Å². The highest BCUT2D eigenvalue weighted by Gasteiger charge is 2.08. The minimum absolute atomic E-state index is 0.162. The Morgan fingerprint density at radius 1 is 1.30 bits per heavy atom. The summed E-state index contributed by atoms with van der Waals surface area (Å²) >= 11 is 5.80. The molecule has 3 nitrogen and oxygen atoms in total. The average molecular weight is 297 g/mol. The van der Waals surface area contributed by atoms with Crippen molar-refractivity contribution in [2.75, 3.05) is 20.3 Å². The summed E-state index contributed by atoms with van der Waals surface area (Å²) in [4.78, 5) is 0. The molecule has 0 bridgehead atoms. The van der Waals surface area contributed by atoms with E-state index in [0.717, 1.165) is 18.8 Å². The Bertz CT molecular complexity index is 557. The number of hydrogen-bond donors (Lipinski definition) is 1. The van der Waals surface area contributed by atoms with E-state index in [4.69, 9.17) is 16.3 Å². The number of methoxy groups -OCH3 is 1. The van der Waals surface area contributed by atoms with E-state index in [1.807, 2.05) is 22.9 Å². The molecule has 1 N–H and O–H groups in total. The molecule has 2 aromatic rings. The molecule has 0 saturated heterocycles. The van der Waals surface area contributed by atoms with Crippen molar-refractivity contribution in [2.24, 2.45) is 0 Å².